The summed E-state index contributed by atoms with van der Waals surface area (Å²) in [6.07, 6.45) is 0. The molecule has 0 fully saturated rings. The van der Waals surface area contributed by atoms with Crippen LogP contribution in [-0.4, -0.2) is 27.2 Å². The molecule has 2 aromatic carbocycles. The van der Waals surface area contributed by atoms with Crippen molar-refractivity contribution in [3.8, 4) is 17.2 Å². The number of aromatic hydroxyl groups is 1. The van der Waals surface area contributed by atoms with E-state index in [0.29, 0.717) is 22.6 Å². The summed E-state index contributed by atoms with van der Waals surface area (Å²) >= 11 is 0. The van der Waals surface area contributed by atoms with E-state index in [0.717, 1.165) is 0 Å². The Balaban J connectivity index is 1.85. The molecule has 0 amide bonds. The molecule has 1 heterocycles. The second-order valence-electron chi connectivity index (χ2n) is 4.84. The van der Waals surface area contributed by atoms with Crippen LogP contribution in [0, 0.1) is 0 Å². The largest absolute Gasteiger partial charge is 0.508 e. The summed E-state index contributed by atoms with van der Waals surface area (Å²) in [7, 11) is -1.96. The monoisotopic (exact) mass is 318 g/mol. The van der Waals surface area contributed by atoms with Crippen molar-refractivity contribution < 1.29 is 23.0 Å². The fourth-order valence-corrected chi connectivity index (χ4v) is 3.78. The highest BCUT2D eigenvalue weighted by molar-refractivity contribution is 7.95. The third-order valence-corrected chi connectivity index (χ3v) is 4.90. The Morgan fingerprint density at radius 2 is 1.86 bits per heavy atom. The summed E-state index contributed by atoms with van der Waals surface area (Å²) in [5.74, 6) is 1.17. The van der Waals surface area contributed by atoms with E-state index < -0.39 is 9.84 Å². The summed E-state index contributed by atoms with van der Waals surface area (Å²) in [5.41, 5.74) is 1.11. The van der Waals surface area contributed by atoms with Crippen molar-refractivity contribution >= 4 is 15.4 Å². The van der Waals surface area contributed by atoms with E-state index in [2.05, 4.69) is 0 Å². The number of hydrogen-bond donors (Lipinski definition) is 1. The molecule has 5 nitrogen and oxygen atoms in total. The molecule has 2 aromatic rings. The van der Waals surface area contributed by atoms with E-state index in [1.54, 1.807) is 37.4 Å². The molecule has 6 heteroatoms. The molecule has 0 aromatic heterocycles. The van der Waals surface area contributed by atoms with Gasteiger partial charge < -0.3 is 14.6 Å². The second kappa shape index (κ2) is 5.38. The van der Waals surface area contributed by atoms with Gasteiger partial charge in [0.25, 0.3) is 0 Å². The van der Waals surface area contributed by atoms with Gasteiger partial charge in [0.05, 0.1) is 12.0 Å². The molecular weight excluding hydrogens is 304 g/mol. The van der Waals surface area contributed by atoms with Crippen LogP contribution in [0.2, 0.25) is 0 Å². The number of fused-ring (bicyclic) bond motifs is 1. The van der Waals surface area contributed by atoms with Crippen molar-refractivity contribution in [2.75, 3.05) is 13.7 Å². The highest BCUT2D eigenvalue weighted by Crippen LogP contribution is 2.35. The average Bonchev–Trinajstić information content (AvgIpc) is 2.76. The molecule has 22 heavy (non-hydrogen) atoms. The van der Waals surface area contributed by atoms with Crippen molar-refractivity contribution in [1.29, 1.82) is 0 Å². The molecule has 1 aliphatic rings. The first kappa shape index (κ1) is 14.5. The summed E-state index contributed by atoms with van der Waals surface area (Å²) < 4.78 is 34.9. The summed E-state index contributed by atoms with van der Waals surface area (Å²) in [6.45, 7) is 0.115. The number of benzene rings is 2. The molecule has 0 saturated carbocycles. The van der Waals surface area contributed by atoms with Gasteiger partial charge in [-0.15, -0.1) is 0 Å². The topological polar surface area (TPSA) is 72.8 Å². The minimum atomic E-state index is -3.52. The molecule has 3 rings (SSSR count). The van der Waals surface area contributed by atoms with E-state index in [4.69, 9.17) is 9.47 Å². The summed E-state index contributed by atoms with van der Waals surface area (Å²) in [4.78, 5) is 0.108. The zero-order valence-electron chi connectivity index (χ0n) is 11.8. The van der Waals surface area contributed by atoms with Crippen LogP contribution in [0.15, 0.2) is 52.8 Å². The highest BCUT2D eigenvalue weighted by Gasteiger charge is 2.27. The molecule has 0 atom stereocenters. The first-order valence-electron chi connectivity index (χ1n) is 6.55. The number of methoxy groups -OCH3 is 1. The Morgan fingerprint density at radius 1 is 1.09 bits per heavy atom. The minimum Gasteiger partial charge on any atom is -0.508 e. The van der Waals surface area contributed by atoms with Gasteiger partial charge in [-0.3, -0.25) is 0 Å². The Bertz CT molecular complexity index is 853. The van der Waals surface area contributed by atoms with E-state index in [1.165, 1.54) is 17.5 Å². The highest BCUT2D eigenvalue weighted by atomic mass is 32.2. The second-order valence-corrected chi connectivity index (χ2v) is 6.60. The third kappa shape index (κ3) is 2.65. The molecule has 1 N–H and O–H groups in total. The van der Waals surface area contributed by atoms with E-state index in [-0.39, 0.29) is 17.3 Å². The van der Waals surface area contributed by atoms with Gasteiger partial charge in [0, 0.05) is 22.6 Å². The molecule has 0 saturated heterocycles. The van der Waals surface area contributed by atoms with Crippen molar-refractivity contribution in [3.05, 3.63) is 53.4 Å². The lowest BCUT2D eigenvalue weighted by Gasteiger charge is -2.09. The van der Waals surface area contributed by atoms with Gasteiger partial charge in [-0.1, -0.05) is 6.07 Å². The van der Waals surface area contributed by atoms with E-state index in [1.807, 2.05) is 0 Å². The van der Waals surface area contributed by atoms with Crippen LogP contribution in [-0.2, 0) is 9.84 Å². The molecule has 0 radical (unpaired) electrons. The van der Waals surface area contributed by atoms with Gasteiger partial charge >= 0.3 is 0 Å². The predicted octanol–water partition coefficient (Wildman–Crippen LogP) is 2.61. The van der Waals surface area contributed by atoms with Gasteiger partial charge in [0.15, 0.2) is 0 Å². The maximum Gasteiger partial charge on any atom is 0.200 e. The third-order valence-electron chi connectivity index (χ3n) is 3.35. The molecular formula is C16H14O5S. The lowest BCUT2D eigenvalue weighted by atomic mass is 10.1. The van der Waals surface area contributed by atoms with Gasteiger partial charge in [-0.2, -0.15) is 0 Å². The van der Waals surface area contributed by atoms with Crippen LogP contribution in [0.25, 0.3) is 5.57 Å². The Morgan fingerprint density at radius 3 is 2.64 bits per heavy atom. The SMILES string of the molecule is COc1cccc(OCC2=CS(=O)(=O)c3cc(O)ccc32)c1. The fourth-order valence-electron chi connectivity index (χ4n) is 2.29. The van der Waals surface area contributed by atoms with E-state index >= 15 is 0 Å². The Labute approximate surface area is 128 Å². The molecule has 0 bridgehead atoms. The first-order chi connectivity index (χ1) is 10.5. The van der Waals surface area contributed by atoms with Crippen LogP contribution >= 0.6 is 0 Å². The van der Waals surface area contributed by atoms with Crippen LogP contribution in [0.3, 0.4) is 0 Å². The molecule has 0 unspecified atom stereocenters. The number of phenolic OH excluding ortho intramolecular Hbond substituents is 1. The number of rotatable bonds is 4. The van der Waals surface area contributed by atoms with E-state index in [9.17, 15) is 13.5 Å². The van der Waals surface area contributed by atoms with Crippen LogP contribution in [0.5, 0.6) is 17.2 Å². The van der Waals surface area contributed by atoms with Gasteiger partial charge in [0.1, 0.15) is 23.9 Å². The Hall–Kier alpha value is -2.47. The van der Waals surface area contributed by atoms with Crippen molar-refractivity contribution in [2.45, 2.75) is 4.90 Å². The predicted molar refractivity (Wildman–Crippen MR) is 81.8 cm³/mol. The zero-order valence-corrected chi connectivity index (χ0v) is 12.6. The first-order valence-corrected chi connectivity index (χ1v) is 8.10. The minimum absolute atomic E-state index is 0.0781. The molecule has 114 valence electrons. The lowest BCUT2D eigenvalue weighted by Crippen LogP contribution is -1.99. The maximum absolute atomic E-state index is 12.1. The number of hydrogen-bond acceptors (Lipinski definition) is 5. The van der Waals surface area contributed by atoms with Crippen LogP contribution < -0.4 is 9.47 Å². The van der Waals surface area contributed by atoms with Crippen LogP contribution in [0.4, 0.5) is 0 Å². The molecule has 1 aliphatic heterocycles. The fraction of sp³-hybridized carbons (Fsp3) is 0.125. The van der Waals surface area contributed by atoms with Gasteiger partial charge in [-0.25, -0.2) is 8.42 Å². The number of ether oxygens (including phenoxy) is 2. The lowest BCUT2D eigenvalue weighted by molar-refractivity contribution is 0.363. The Kier molecular flexibility index (Phi) is 3.54. The quantitative estimate of drug-likeness (QED) is 0.938. The normalized spacial score (nSPS) is 15.0. The smallest absolute Gasteiger partial charge is 0.200 e. The standard InChI is InChI=1S/C16H14O5S/c1-20-13-3-2-4-14(8-13)21-9-11-10-22(18,19)16-7-12(17)5-6-15(11)16/h2-8,10,17H,9H2,1H3. The van der Waals surface area contributed by atoms with Gasteiger partial charge in [0.2, 0.25) is 9.84 Å². The summed E-state index contributed by atoms with van der Waals surface area (Å²) in [5, 5.41) is 10.6. The van der Waals surface area contributed by atoms with Crippen molar-refractivity contribution in [3.63, 3.8) is 0 Å². The molecule has 0 spiro atoms. The number of phenols is 1. The number of sulfone groups is 1. The van der Waals surface area contributed by atoms with Crippen molar-refractivity contribution in [1.82, 2.24) is 0 Å². The summed E-state index contributed by atoms with van der Waals surface area (Å²) in [6, 6.07) is 11.4. The average molecular weight is 318 g/mol. The molecule has 0 aliphatic carbocycles. The van der Waals surface area contributed by atoms with Crippen LogP contribution in [0.1, 0.15) is 5.56 Å². The zero-order chi connectivity index (χ0) is 15.7. The maximum atomic E-state index is 12.1. The van der Waals surface area contributed by atoms with Gasteiger partial charge in [-0.05, 0) is 30.3 Å². The van der Waals surface area contributed by atoms with Crippen molar-refractivity contribution in [2.24, 2.45) is 0 Å².